The smallest absolute Gasteiger partial charge is 0.416 e. The predicted molar refractivity (Wildman–Crippen MR) is 77.9 cm³/mol. The fourth-order valence-electron chi connectivity index (χ4n) is 1.72. The molecule has 0 saturated heterocycles. The monoisotopic (exact) mass is 326 g/mol. The fraction of sp³-hybridized carbons (Fsp3) is 0.0625. The molecule has 0 aromatic heterocycles. The van der Waals surface area contributed by atoms with Crippen molar-refractivity contribution < 1.29 is 23.1 Å². The molecule has 22 heavy (non-hydrogen) atoms. The third-order valence-electron chi connectivity index (χ3n) is 2.90. The summed E-state index contributed by atoms with van der Waals surface area (Å²) in [4.78, 5) is 11.9. The average molecular weight is 327 g/mol. The first-order valence-electron chi connectivity index (χ1n) is 6.15. The Bertz CT molecular complexity index is 719. The molecule has 0 radical (unpaired) electrons. The van der Waals surface area contributed by atoms with Gasteiger partial charge >= 0.3 is 6.18 Å². The molecule has 0 unspecified atom stereocenters. The highest BCUT2D eigenvalue weighted by Gasteiger charge is 2.30. The predicted octanol–water partition coefficient (Wildman–Crippen LogP) is 4.96. The summed E-state index contributed by atoms with van der Waals surface area (Å²) in [6, 6.07) is 8.37. The maximum Gasteiger partial charge on any atom is 0.416 e. The Morgan fingerprint density at radius 2 is 1.73 bits per heavy atom. The van der Waals surface area contributed by atoms with E-state index in [0.29, 0.717) is 5.56 Å². The van der Waals surface area contributed by atoms with Gasteiger partial charge in [-0.2, -0.15) is 13.2 Å². The van der Waals surface area contributed by atoms with Crippen LogP contribution in [0.1, 0.15) is 21.5 Å². The first kappa shape index (κ1) is 16.1. The second-order valence-corrected chi connectivity index (χ2v) is 4.89. The van der Waals surface area contributed by atoms with Gasteiger partial charge in [0.2, 0.25) is 0 Å². The molecule has 0 atom stereocenters. The van der Waals surface area contributed by atoms with Gasteiger partial charge < -0.3 is 5.11 Å². The van der Waals surface area contributed by atoms with Crippen molar-refractivity contribution >= 4 is 23.5 Å². The number of carbonyl (C=O) groups is 1. The van der Waals surface area contributed by atoms with Crippen molar-refractivity contribution in [3.63, 3.8) is 0 Å². The zero-order valence-electron chi connectivity index (χ0n) is 11.1. The van der Waals surface area contributed by atoms with Crippen molar-refractivity contribution in [2.45, 2.75) is 6.18 Å². The lowest BCUT2D eigenvalue weighted by atomic mass is 10.1. The van der Waals surface area contributed by atoms with Gasteiger partial charge in [-0.1, -0.05) is 35.9 Å². The molecule has 0 spiro atoms. The SMILES string of the molecule is O=C(/C=C/c1ccc(O)c(Cl)c1)c1ccc(C(F)(F)F)cc1. The van der Waals surface area contributed by atoms with E-state index in [1.807, 2.05) is 0 Å². The summed E-state index contributed by atoms with van der Waals surface area (Å²) >= 11 is 5.73. The minimum atomic E-state index is -4.43. The number of phenols is 1. The molecule has 0 amide bonds. The molecular formula is C16H10ClF3O2. The summed E-state index contributed by atoms with van der Waals surface area (Å²) in [7, 11) is 0. The number of ketones is 1. The molecule has 0 aliphatic rings. The number of allylic oxidation sites excluding steroid dienone is 1. The van der Waals surface area contributed by atoms with Crippen LogP contribution >= 0.6 is 11.6 Å². The van der Waals surface area contributed by atoms with E-state index in [1.54, 1.807) is 6.07 Å². The third-order valence-corrected chi connectivity index (χ3v) is 3.20. The number of hydrogen-bond donors (Lipinski definition) is 1. The summed E-state index contributed by atoms with van der Waals surface area (Å²) in [6.07, 6.45) is -1.74. The van der Waals surface area contributed by atoms with Crippen LogP contribution in [0.4, 0.5) is 13.2 Å². The van der Waals surface area contributed by atoms with E-state index in [0.717, 1.165) is 24.3 Å². The van der Waals surface area contributed by atoms with Gasteiger partial charge in [-0.3, -0.25) is 4.79 Å². The number of phenolic OH excluding ortho intramolecular Hbond substituents is 1. The maximum absolute atomic E-state index is 12.4. The topological polar surface area (TPSA) is 37.3 Å². The Morgan fingerprint density at radius 3 is 2.27 bits per heavy atom. The molecule has 2 aromatic rings. The normalized spacial score (nSPS) is 11.8. The third kappa shape index (κ3) is 3.89. The van der Waals surface area contributed by atoms with E-state index in [-0.39, 0.29) is 16.3 Å². The van der Waals surface area contributed by atoms with Gasteiger partial charge in [0.1, 0.15) is 5.75 Å². The molecule has 0 bridgehead atoms. The highest BCUT2D eigenvalue weighted by Crippen LogP contribution is 2.29. The summed E-state index contributed by atoms with van der Waals surface area (Å²) in [5.74, 6) is -0.509. The summed E-state index contributed by atoms with van der Waals surface area (Å²) < 4.78 is 37.3. The lowest BCUT2D eigenvalue weighted by Gasteiger charge is -2.06. The molecule has 2 rings (SSSR count). The zero-order valence-corrected chi connectivity index (χ0v) is 11.8. The Hall–Kier alpha value is -2.27. The van der Waals surface area contributed by atoms with Gasteiger partial charge in [-0.15, -0.1) is 0 Å². The largest absolute Gasteiger partial charge is 0.506 e. The summed E-state index contributed by atoms with van der Waals surface area (Å²) in [6.45, 7) is 0. The Kier molecular flexibility index (Phi) is 4.56. The molecule has 1 N–H and O–H groups in total. The van der Waals surface area contributed by atoms with Gasteiger partial charge in [0.15, 0.2) is 5.78 Å². The minimum absolute atomic E-state index is 0.0760. The average Bonchev–Trinajstić information content (AvgIpc) is 2.47. The standard InChI is InChI=1S/C16H10ClF3O2/c17-13-9-10(2-8-15(13)22)1-7-14(21)11-3-5-12(6-4-11)16(18,19)20/h1-9,22H/b7-1+. The minimum Gasteiger partial charge on any atom is -0.506 e. The van der Waals surface area contributed by atoms with Crippen LogP contribution in [0.3, 0.4) is 0 Å². The molecule has 0 fully saturated rings. The van der Waals surface area contributed by atoms with E-state index in [9.17, 15) is 23.1 Å². The van der Waals surface area contributed by atoms with Crippen molar-refractivity contribution in [3.8, 4) is 5.75 Å². The van der Waals surface area contributed by atoms with Gasteiger partial charge in [0, 0.05) is 5.56 Å². The molecule has 2 nitrogen and oxygen atoms in total. The van der Waals surface area contributed by atoms with Gasteiger partial charge in [-0.05, 0) is 35.9 Å². The molecule has 0 aliphatic heterocycles. The first-order valence-corrected chi connectivity index (χ1v) is 6.53. The number of alkyl halides is 3. The molecule has 114 valence electrons. The number of halogens is 4. The quantitative estimate of drug-likeness (QED) is 0.639. The Balaban J connectivity index is 2.14. The van der Waals surface area contributed by atoms with Crippen molar-refractivity contribution in [2.24, 2.45) is 0 Å². The van der Waals surface area contributed by atoms with Crippen molar-refractivity contribution in [2.75, 3.05) is 0 Å². The lowest BCUT2D eigenvalue weighted by molar-refractivity contribution is -0.137. The van der Waals surface area contributed by atoms with Gasteiger partial charge in [0.25, 0.3) is 0 Å². The van der Waals surface area contributed by atoms with E-state index in [2.05, 4.69) is 0 Å². The molecule has 0 saturated carbocycles. The molecular weight excluding hydrogens is 317 g/mol. The summed E-state index contributed by atoms with van der Waals surface area (Å²) in [5.41, 5.74) is -0.0736. The van der Waals surface area contributed by atoms with Crippen LogP contribution < -0.4 is 0 Å². The van der Waals surface area contributed by atoms with Crippen LogP contribution in [-0.4, -0.2) is 10.9 Å². The zero-order chi connectivity index (χ0) is 16.3. The second-order valence-electron chi connectivity index (χ2n) is 4.48. The lowest BCUT2D eigenvalue weighted by Crippen LogP contribution is -2.05. The number of rotatable bonds is 3. The number of hydrogen-bond acceptors (Lipinski definition) is 2. The number of carbonyl (C=O) groups excluding carboxylic acids is 1. The Morgan fingerprint density at radius 1 is 1.09 bits per heavy atom. The van der Waals surface area contributed by atoms with Crippen LogP contribution in [0.15, 0.2) is 48.5 Å². The number of aromatic hydroxyl groups is 1. The molecule has 2 aromatic carbocycles. The molecule has 0 heterocycles. The Labute approximate surface area is 129 Å². The van der Waals surface area contributed by atoms with Crippen LogP contribution in [-0.2, 0) is 6.18 Å². The van der Waals surface area contributed by atoms with E-state index in [1.165, 1.54) is 24.3 Å². The van der Waals surface area contributed by atoms with Crippen LogP contribution in [0.25, 0.3) is 6.08 Å². The maximum atomic E-state index is 12.4. The van der Waals surface area contributed by atoms with Crippen molar-refractivity contribution in [1.82, 2.24) is 0 Å². The highest BCUT2D eigenvalue weighted by atomic mass is 35.5. The van der Waals surface area contributed by atoms with E-state index in [4.69, 9.17) is 11.6 Å². The second kappa shape index (κ2) is 6.23. The van der Waals surface area contributed by atoms with Gasteiger partial charge in [0.05, 0.1) is 10.6 Å². The van der Waals surface area contributed by atoms with Crippen LogP contribution in [0, 0.1) is 0 Å². The first-order chi connectivity index (χ1) is 10.3. The highest BCUT2D eigenvalue weighted by molar-refractivity contribution is 6.32. The summed E-state index contributed by atoms with van der Waals surface area (Å²) in [5, 5.41) is 9.42. The van der Waals surface area contributed by atoms with E-state index < -0.39 is 17.5 Å². The molecule has 6 heteroatoms. The fourth-order valence-corrected chi connectivity index (χ4v) is 1.91. The van der Waals surface area contributed by atoms with Crippen molar-refractivity contribution in [3.05, 3.63) is 70.3 Å². The van der Waals surface area contributed by atoms with Crippen LogP contribution in [0.2, 0.25) is 5.02 Å². The van der Waals surface area contributed by atoms with Crippen molar-refractivity contribution in [1.29, 1.82) is 0 Å². The van der Waals surface area contributed by atoms with Gasteiger partial charge in [-0.25, -0.2) is 0 Å². The van der Waals surface area contributed by atoms with Crippen LogP contribution in [0.5, 0.6) is 5.75 Å². The van der Waals surface area contributed by atoms with E-state index >= 15 is 0 Å². The molecule has 0 aliphatic carbocycles. The number of benzene rings is 2.